The Morgan fingerprint density at radius 2 is 2.17 bits per heavy atom. The largest absolute Gasteiger partial charge is 0.465 e. The predicted molar refractivity (Wildman–Crippen MR) is 67.2 cm³/mol. The summed E-state index contributed by atoms with van der Waals surface area (Å²) in [5.74, 6) is -0.0381. The van der Waals surface area contributed by atoms with Crippen molar-refractivity contribution in [3.05, 3.63) is 12.7 Å². The van der Waals surface area contributed by atoms with Crippen LogP contribution in [0.4, 0.5) is 4.79 Å². The first-order valence-corrected chi connectivity index (χ1v) is 6.02. The zero-order valence-electron chi connectivity index (χ0n) is 11.1. The average molecular weight is 255 g/mol. The molecule has 0 aliphatic carbocycles. The van der Waals surface area contributed by atoms with Crippen LogP contribution >= 0.6 is 0 Å². The molecule has 18 heavy (non-hydrogen) atoms. The minimum atomic E-state index is -0.971. The molecule has 1 rings (SSSR count). The number of nitrogens with zero attached hydrogens (tertiary/aromatic N) is 1. The molecule has 1 amide bonds. The highest BCUT2D eigenvalue weighted by Crippen LogP contribution is 2.40. The molecule has 0 saturated carbocycles. The molecule has 5 heteroatoms. The highest BCUT2D eigenvalue weighted by Gasteiger charge is 2.49. The molecule has 0 radical (unpaired) electrons. The molecule has 0 spiro atoms. The molecule has 0 aromatic carbocycles. The summed E-state index contributed by atoms with van der Waals surface area (Å²) < 4.78 is 5.04. The van der Waals surface area contributed by atoms with Gasteiger partial charge in [-0.3, -0.25) is 4.79 Å². The lowest BCUT2D eigenvalue weighted by Gasteiger charge is -2.36. The smallest absolute Gasteiger partial charge is 0.407 e. The molecule has 1 aliphatic rings. The summed E-state index contributed by atoms with van der Waals surface area (Å²) in [6.45, 7) is 10.3. The Balaban J connectivity index is 3.06. The second-order valence-electron chi connectivity index (χ2n) is 5.70. The molecule has 0 aromatic heterocycles. The van der Waals surface area contributed by atoms with E-state index in [0.29, 0.717) is 12.9 Å². The van der Waals surface area contributed by atoms with Crippen LogP contribution in [0.3, 0.4) is 0 Å². The predicted octanol–water partition coefficient (Wildman–Crippen LogP) is 2.13. The number of amides is 1. The standard InChI is InChI=1S/C13H21NO4/c1-5-6-9-10(18-8-15)7-14(12(16)17)11(9)13(2,3)4/h5,8-11H,1,6-7H2,2-4H3,(H,16,17)/t9-,10-,11?/m1/s1. The van der Waals surface area contributed by atoms with Crippen LogP contribution in [-0.2, 0) is 9.53 Å². The number of carbonyl (C=O) groups is 2. The van der Waals surface area contributed by atoms with Crippen molar-refractivity contribution in [2.45, 2.75) is 39.3 Å². The third kappa shape index (κ3) is 2.83. The highest BCUT2D eigenvalue weighted by atomic mass is 16.5. The fourth-order valence-electron chi connectivity index (χ4n) is 2.87. The zero-order chi connectivity index (χ0) is 13.9. The fourth-order valence-corrected chi connectivity index (χ4v) is 2.87. The van der Waals surface area contributed by atoms with Crippen molar-refractivity contribution < 1.29 is 19.4 Å². The van der Waals surface area contributed by atoms with Gasteiger partial charge in [-0.05, 0) is 11.8 Å². The van der Waals surface area contributed by atoms with Crippen LogP contribution in [-0.4, -0.2) is 41.3 Å². The van der Waals surface area contributed by atoms with Crippen molar-refractivity contribution >= 4 is 12.6 Å². The summed E-state index contributed by atoms with van der Waals surface area (Å²) in [6.07, 6.45) is 1.02. The van der Waals surface area contributed by atoms with Gasteiger partial charge in [0.05, 0.1) is 6.54 Å². The molecule has 1 fully saturated rings. The lowest BCUT2D eigenvalue weighted by Crippen LogP contribution is -2.45. The van der Waals surface area contributed by atoms with Gasteiger partial charge in [0.1, 0.15) is 6.10 Å². The number of rotatable bonds is 4. The minimum Gasteiger partial charge on any atom is -0.465 e. The summed E-state index contributed by atoms with van der Waals surface area (Å²) in [5.41, 5.74) is -0.215. The third-order valence-corrected chi connectivity index (χ3v) is 3.40. The highest BCUT2D eigenvalue weighted by molar-refractivity contribution is 5.66. The molecule has 102 valence electrons. The van der Waals surface area contributed by atoms with Crippen molar-refractivity contribution in [1.29, 1.82) is 0 Å². The number of ether oxygens (including phenoxy) is 1. The van der Waals surface area contributed by atoms with Crippen LogP contribution in [0.15, 0.2) is 12.7 Å². The SMILES string of the molecule is C=CC[C@H]1C(C(C)(C)C)N(C(=O)O)C[C@H]1OC=O. The van der Waals surface area contributed by atoms with Gasteiger partial charge in [-0.2, -0.15) is 0 Å². The molecule has 0 aromatic rings. The first kappa shape index (κ1) is 14.5. The van der Waals surface area contributed by atoms with Crippen LogP contribution in [0.1, 0.15) is 27.2 Å². The van der Waals surface area contributed by atoms with Gasteiger partial charge in [0, 0.05) is 12.0 Å². The van der Waals surface area contributed by atoms with E-state index in [4.69, 9.17) is 4.74 Å². The molecule has 1 unspecified atom stereocenters. The van der Waals surface area contributed by atoms with E-state index in [9.17, 15) is 14.7 Å². The molecular weight excluding hydrogens is 234 g/mol. The summed E-state index contributed by atoms with van der Waals surface area (Å²) in [4.78, 5) is 23.2. The molecule has 0 bridgehead atoms. The Hall–Kier alpha value is -1.52. The molecule has 1 saturated heterocycles. The van der Waals surface area contributed by atoms with E-state index in [2.05, 4.69) is 6.58 Å². The van der Waals surface area contributed by atoms with Crippen molar-refractivity contribution in [2.24, 2.45) is 11.3 Å². The molecule has 1 heterocycles. The zero-order valence-corrected chi connectivity index (χ0v) is 11.1. The van der Waals surface area contributed by atoms with Gasteiger partial charge >= 0.3 is 6.09 Å². The van der Waals surface area contributed by atoms with E-state index in [1.165, 1.54) is 4.90 Å². The van der Waals surface area contributed by atoms with E-state index in [1.54, 1.807) is 6.08 Å². The van der Waals surface area contributed by atoms with Crippen LogP contribution in [0.25, 0.3) is 0 Å². The molecule has 1 aliphatic heterocycles. The van der Waals surface area contributed by atoms with Gasteiger partial charge < -0.3 is 14.7 Å². The van der Waals surface area contributed by atoms with E-state index >= 15 is 0 Å². The summed E-state index contributed by atoms with van der Waals surface area (Å²) in [7, 11) is 0. The summed E-state index contributed by atoms with van der Waals surface area (Å²) in [6, 6.07) is -0.182. The number of hydrogen-bond donors (Lipinski definition) is 1. The van der Waals surface area contributed by atoms with Crippen LogP contribution < -0.4 is 0 Å². The van der Waals surface area contributed by atoms with Crippen LogP contribution in [0.2, 0.25) is 0 Å². The van der Waals surface area contributed by atoms with Crippen molar-refractivity contribution in [3.63, 3.8) is 0 Å². The Labute approximate surface area is 107 Å². The minimum absolute atomic E-state index is 0.0381. The van der Waals surface area contributed by atoms with Gasteiger partial charge in [-0.15, -0.1) is 6.58 Å². The monoisotopic (exact) mass is 255 g/mol. The lowest BCUT2D eigenvalue weighted by molar-refractivity contribution is -0.134. The average Bonchev–Trinajstić information content (AvgIpc) is 2.58. The molecular formula is C13H21NO4. The lowest BCUT2D eigenvalue weighted by atomic mass is 9.77. The van der Waals surface area contributed by atoms with Gasteiger partial charge in [0.2, 0.25) is 0 Å². The third-order valence-electron chi connectivity index (χ3n) is 3.40. The maximum Gasteiger partial charge on any atom is 0.407 e. The molecule has 5 nitrogen and oxygen atoms in total. The number of hydrogen-bond acceptors (Lipinski definition) is 3. The van der Waals surface area contributed by atoms with Crippen molar-refractivity contribution in [1.82, 2.24) is 4.90 Å². The summed E-state index contributed by atoms with van der Waals surface area (Å²) in [5, 5.41) is 9.28. The fraction of sp³-hybridized carbons (Fsp3) is 0.692. The second kappa shape index (κ2) is 5.42. The van der Waals surface area contributed by atoms with Gasteiger partial charge in [0.25, 0.3) is 6.47 Å². The number of carboxylic acid groups (broad SMARTS) is 1. The van der Waals surface area contributed by atoms with Crippen molar-refractivity contribution in [2.75, 3.05) is 6.54 Å². The quantitative estimate of drug-likeness (QED) is 0.617. The summed E-state index contributed by atoms with van der Waals surface area (Å²) >= 11 is 0. The topological polar surface area (TPSA) is 66.8 Å². The van der Waals surface area contributed by atoms with E-state index in [0.717, 1.165) is 0 Å². The maximum atomic E-state index is 11.3. The van der Waals surface area contributed by atoms with Crippen molar-refractivity contribution in [3.8, 4) is 0 Å². The normalized spacial score (nSPS) is 27.9. The van der Waals surface area contributed by atoms with E-state index < -0.39 is 6.09 Å². The van der Waals surface area contributed by atoms with Crippen LogP contribution in [0.5, 0.6) is 0 Å². The van der Waals surface area contributed by atoms with E-state index in [1.807, 2.05) is 20.8 Å². The van der Waals surface area contributed by atoms with Gasteiger partial charge in [-0.25, -0.2) is 4.79 Å². The Morgan fingerprint density at radius 1 is 1.56 bits per heavy atom. The van der Waals surface area contributed by atoms with E-state index in [-0.39, 0.29) is 30.0 Å². The number of likely N-dealkylation sites (tertiary alicyclic amines) is 1. The Kier molecular flexibility index (Phi) is 4.38. The first-order valence-electron chi connectivity index (χ1n) is 6.02. The van der Waals surface area contributed by atoms with Crippen LogP contribution in [0, 0.1) is 11.3 Å². The number of carbonyl (C=O) groups excluding carboxylic acids is 1. The Bertz CT molecular complexity index is 334. The molecule has 3 atom stereocenters. The van der Waals surface area contributed by atoms with Gasteiger partial charge in [0.15, 0.2) is 0 Å². The number of allylic oxidation sites excluding steroid dienone is 1. The molecule has 1 N–H and O–H groups in total. The maximum absolute atomic E-state index is 11.3. The second-order valence-corrected chi connectivity index (χ2v) is 5.70. The first-order chi connectivity index (χ1) is 8.32. The Morgan fingerprint density at radius 3 is 2.56 bits per heavy atom. The van der Waals surface area contributed by atoms with Gasteiger partial charge in [-0.1, -0.05) is 26.8 Å².